The molecular formula is C44H68N2O35. The van der Waals surface area contributed by atoms with Crippen LogP contribution >= 0.6 is 0 Å². The van der Waals surface area contributed by atoms with E-state index in [-0.39, 0.29) is 0 Å². The van der Waals surface area contributed by atoms with E-state index in [4.69, 9.17) is 66.3 Å². The normalized spacial score (nSPS) is 53.8. The molecule has 21 saturated heterocycles. The van der Waals surface area contributed by atoms with Gasteiger partial charge in [0, 0.05) is 0 Å². The highest BCUT2D eigenvalue weighted by Crippen LogP contribution is 2.39. The van der Waals surface area contributed by atoms with Crippen molar-refractivity contribution in [1.82, 2.24) is 0 Å². The Kier molecular flexibility index (Phi) is 21.6. The Bertz CT molecular complexity index is 2070. The number of nitrogens with zero attached hydrogens (tertiary/aromatic N) is 2. The molecule has 21 aliphatic heterocycles. The first kappa shape index (κ1) is 64.6. The lowest BCUT2D eigenvalue weighted by Gasteiger charge is -2.50. The van der Waals surface area contributed by atoms with Crippen LogP contribution in [0, 0.1) is 22.7 Å². The molecule has 37 nitrogen and oxygen atoms in total. The molecule has 21 fully saturated rings. The molecule has 37 heteroatoms. The molecule has 0 radical (unpaired) electrons. The highest BCUT2D eigenvalue weighted by molar-refractivity contribution is 5.05. The van der Waals surface area contributed by atoms with Gasteiger partial charge in [0.2, 0.25) is 0 Å². The van der Waals surface area contributed by atoms with Crippen molar-refractivity contribution in [2.75, 3.05) is 33.0 Å². The summed E-state index contributed by atoms with van der Waals surface area (Å²) in [5, 5.41) is 252. The van der Waals surface area contributed by atoms with E-state index in [9.17, 15) is 118 Å². The highest BCUT2D eigenvalue weighted by atomic mass is 16.8. The van der Waals surface area contributed by atoms with Crippen molar-refractivity contribution in [2.24, 2.45) is 0 Å². The average Bonchev–Trinajstić information content (AvgIpc) is 3.47. The van der Waals surface area contributed by atoms with Crippen LogP contribution < -0.4 is 0 Å². The molecule has 0 aliphatic carbocycles. The van der Waals surface area contributed by atoms with Crippen molar-refractivity contribution in [1.29, 1.82) is 10.5 Å². The van der Waals surface area contributed by atoms with Gasteiger partial charge in [-0.15, -0.1) is 0 Å². The lowest BCUT2D eigenvalue weighted by Crippen LogP contribution is -2.69. The molecule has 0 saturated carbocycles. The molecule has 81 heavy (non-hydrogen) atoms. The van der Waals surface area contributed by atoms with Crippen molar-refractivity contribution >= 4 is 0 Å². The summed E-state index contributed by atoms with van der Waals surface area (Å²) < 4.78 is 79.2. The van der Waals surface area contributed by atoms with Crippen LogP contribution in [0.3, 0.4) is 0 Å². The Morgan fingerprint density at radius 2 is 0.407 bits per heavy atom. The van der Waals surface area contributed by atoms with E-state index in [1.807, 2.05) is 0 Å². The van der Waals surface area contributed by atoms with Crippen LogP contribution in [-0.2, 0) is 66.3 Å². The summed E-state index contributed by atoms with van der Waals surface area (Å²) in [7, 11) is 0. The molecule has 21 aliphatic rings. The first-order valence-corrected chi connectivity index (χ1v) is 25.4. The van der Waals surface area contributed by atoms with Gasteiger partial charge in [-0.05, 0) is 0 Å². The molecule has 21 heterocycles. The molecule has 0 spiro atoms. The fourth-order valence-corrected chi connectivity index (χ4v) is 10.7. The minimum Gasteiger partial charge on any atom is -0.394 e. The molecule has 0 aromatic carbocycles. The lowest BCUT2D eigenvalue weighted by molar-refractivity contribution is -0.398. The van der Waals surface area contributed by atoms with E-state index in [0.29, 0.717) is 0 Å². The van der Waals surface area contributed by atoms with Crippen molar-refractivity contribution in [3.63, 3.8) is 0 Å². The van der Waals surface area contributed by atoms with Gasteiger partial charge in [-0.2, -0.15) is 10.5 Å². The molecule has 2 unspecified atom stereocenters. The average molecular weight is 1190 g/mol. The summed E-state index contributed by atoms with van der Waals surface area (Å²) in [6.45, 7) is -5.58. The fourth-order valence-electron chi connectivity index (χ4n) is 10.7. The van der Waals surface area contributed by atoms with Crippen molar-refractivity contribution in [2.45, 2.75) is 227 Å². The maximum atomic E-state index is 11.4. The van der Waals surface area contributed by atoms with Crippen LogP contribution in [0.1, 0.15) is 0 Å². The van der Waals surface area contributed by atoms with Gasteiger partial charge in [0.15, 0.2) is 56.2 Å². The molecule has 0 aromatic rings. The quantitative estimate of drug-likeness (QED) is 0.105. The van der Waals surface area contributed by atoms with E-state index < -0.39 is 260 Å². The van der Waals surface area contributed by atoms with Crippen LogP contribution in [0.5, 0.6) is 0 Å². The summed E-state index contributed by atoms with van der Waals surface area (Å²) in [6.07, 6.45) is -79.5. The molecule has 14 bridgehead atoms. The van der Waals surface area contributed by atoms with E-state index in [1.54, 1.807) is 0 Å². The second kappa shape index (κ2) is 27.1. The standard InChI is InChI=1S/C44H68N2O35/c45-1-8(52)29-36-21(60)28(67)44(74-29)79-35-14(7-51)70-40(24(63)17(35)56)77-33-12(5-49)72-42(26(65)19(33)58)81-37-20(59)27(66)43(73-30(37)9(53)2-46)78-34-13(6-50)69-39(23(62)16(34)55)75-31-10(3-47)68-38(22(61)15(31)54)76-32-11(4-48)71-41(80-36)25(64)18(32)57/h8-44,47-67H,3-7H2/t8?,9?,10-,11-,12-,13-,14-,15-,16-,17-,18-,19-,20-,21-,22-,23-,24-,25-,26-,27-,28-,29-,30-,31-,32-,33-,34-,35-,36+,37+,38-,39-,40-,41-,42-,43-,44-/m1/s1. The first-order chi connectivity index (χ1) is 38.5. The summed E-state index contributed by atoms with van der Waals surface area (Å²) in [6, 6.07) is 2.81. The number of ether oxygens (including phenoxy) is 14. The van der Waals surface area contributed by atoms with E-state index in [2.05, 4.69) is 0 Å². The number of hydrogen-bond donors (Lipinski definition) is 21. The van der Waals surface area contributed by atoms with Gasteiger partial charge in [-0.3, -0.25) is 0 Å². The lowest BCUT2D eigenvalue weighted by atomic mass is 9.93. The van der Waals surface area contributed by atoms with Crippen molar-refractivity contribution < 1.29 is 174 Å². The Morgan fingerprint density at radius 1 is 0.247 bits per heavy atom. The molecular weight excluding hydrogens is 1120 g/mol. The van der Waals surface area contributed by atoms with Crippen LogP contribution in [0.15, 0.2) is 0 Å². The molecule has 0 aromatic heterocycles. The predicted octanol–water partition coefficient (Wildman–Crippen LogP) is -15.4. The topological polar surface area (TPSA) is 602 Å². The van der Waals surface area contributed by atoms with Gasteiger partial charge >= 0.3 is 0 Å². The Labute approximate surface area is 455 Å². The Hall–Kier alpha value is -2.42. The molecule has 21 rings (SSSR count). The smallest absolute Gasteiger partial charge is 0.187 e. The van der Waals surface area contributed by atoms with E-state index in [0.717, 1.165) is 0 Å². The third-order valence-electron chi connectivity index (χ3n) is 15.2. The van der Waals surface area contributed by atoms with Crippen LogP contribution in [0.25, 0.3) is 0 Å². The van der Waals surface area contributed by atoms with Gasteiger partial charge in [0.05, 0.1) is 45.2 Å². The van der Waals surface area contributed by atoms with E-state index >= 15 is 0 Å². The minimum absolute atomic E-state index is 1.09. The first-order valence-electron chi connectivity index (χ1n) is 25.4. The number of aliphatic hydroxyl groups excluding tert-OH is 21. The zero-order valence-electron chi connectivity index (χ0n) is 41.9. The largest absolute Gasteiger partial charge is 0.394 e. The van der Waals surface area contributed by atoms with Gasteiger partial charge < -0.3 is 174 Å². The zero-order chi connectivity index (χ0) is 59.2. The van der Waals surface area contributed by atoms with Gasteiger partial charge in [0.25, 0.3) is 0 Å². The van der Waals surface area contributed by atoms with Crippen LogP contribution in [0.4, 0.5) is 0 Å². The molecule has 37 atom stereocenters. The van der Waals surface area contributed by atoms with Gasteiger partial charge in [0.1, 0.15) is 171 Å². The summed E-state index contributed by atoms with van der Waals surface area (Å²) in [5.74, 6) is 0. The molecule has 21 N–H and O–H groups in total. The monoisotopic (exact) mass is 1180 g/mol. The summed E-state index contributed by atoms with van der Waals surface area (Å²) >= 11 is 0. The fraction of sp³-hybridized carbons (Fsp3) is 0.955. The van der Waals surface area contributed by atoms with E-state index in [1.165, 1.54) is 12.1 Å². The highest BCUT2D eigenvalue weighted by Gasteiger charge is 2.60. The Balaban J connectivity index is 1.11. The minimum atomic E-state index is -2.35. The second-order valence-corrected chi connectivity index (χ2v) is 20.3. The maximum absolute atomic E-state index is 11.4. The number of hydrogen-bond acceptors (Lipinski definition) is 37. The van der Waals surface area contributed by atoms with Gasteiger partial charge in [-0.1, -0.05) is 0 Å². The Morgan fingerprint density at radius 3 is 0.580 bits per heavy atom. The summed E-state index contributed by atoms with van der Waals surface area (Å²) in [5.41, 5.74) is 0. The molecule has 464 valence electrons. The van der Waals surface area contributed by atoms with Crippen molar-refractivity contribution in [3.05, 3.63) is 0 Å². The van der Waals surface area contributed by atoms with Crippen LogP contribution in [-0.4, -0.2) is 367 Å². The predicted molar refractivity (Wildman–Crippen MR) is 238 cm³/mol. The number of nitriles is 2. The van der Waals surface area contributed by atoms with Crippen LogP contribution in [0.2, 0.25) is 0 Å². The van der Waals surface area contributed by atoms with Gasteiger partial charge in [-0.25, -0.2) is 0 Å². The molecule has 0 amide bonds. The summed E-state index contributed by atoms with van der Waals surface area (Å²) in [4.78, 5) is 0. The maximum Gasteiger partial charge on any atom is 0.187 e. The van der Waals surface area contributed by atoms with Crippen molar-refractivity contribution in [3.8, 4) is 12.1 Å². The second-order valence-electron chi connectivity index (χ2n) is 20.3. The SMILES string of the molecule is N#CC(O)[C@H]1O[C@@H]2O[C@H]3[C@H](O)[C@@H](O)[C@@H](O[C@H]4[C@H](O)[C@@H](O)[C@@H](O[C@H]5[C@H](O)[C@@H](O)[C@@H](O[C@H]6[C@H](O)[C@@H](O)[C@@H](O[C@H]7[C@H](O)[C@@H](O)[C@@H](O[C@H]8[C@H](O)[C@@H](O)[C@@H](O[C@H]1[C@H](O)[C@H]2O)O[C@@H]8CO)O[C@@H]7CO)O[C@@H]6C(O)C#N)O[C@@H]5CO)O[C@@H]4CO)O[C@@H]3CO. The third-order valence-corrected chi connectivity index (χ3v) is 15.2. The zero-order valence-corrected chi connectivity index (χ0v) is 41.9. The number of rotatable bonds is 7. The third kappa shape index (κ3) is 12.6. The number of aliphatic hydroxyl groups is 21.